The zero-order valence-corrected chi connectivity index (χ0v) is 14.9. The summed E-state index contributed by atoms with van der Waals surface area (Å²) in [5, 5.41) is 0. The van der Waals surface area contributed by atoms with Crippen molar-refractivity contribution < 1.29 is 14.2 Å². The Kier molecular flexibility index (Phi) is 3.02. The molecular formula is C22H23NO3. The van der Waals surface area contributed by atoms with Crippen LogP contribution < -0.4 is 19.1 Å². The fraction of sp³-hybridized carbons (Fsp3) is 0.455. The molecule has 134 valence electrons. The van der Waals surface area contributed by atoms with Crippen LogP contribution in [0.15, 0.2) is 36.4 Å². The zero-order valence-electron chi connectivity index (χ0n) is 14.9. The third kappa shape index (κ3) is 2.08. The lowest BCUT2D eigenvalue weighted by atomic mass is 9.77. The molecule has 0 bridgehead atoms. The number of anilines is 1. The molecule has 1 fully saturated rings. The van der Waals surface area contributed by atoms with Crippen molar-refractivity contribution in [2.45, 2.75) is 31.1 Å². The van der Waals surface area contributed by atoms with Crippen molar-refractivity contribution in [1.29, 1.82) is 0 Å². The molecule has 1 saturated carbocycles. The Balaban J connectivity index is 1.38. The molecule has 1 spiro atoms. The van der Waals surface area contributed by atoms with Crippen LogP contribution in [0.2, 0.25) is 0 Å². The summed E-state index contributed by atoms with van der Waals surface area (Å²) in [5.41, 5.74) is 3.92. The van der Waals surface area contributed by atoms with Gasteiger partial charge in [0, 0.05) is 30.4 Å². The first kappa shape index (κ1) is 14.8. The van der Waals surface area contributed by atoms with Crippen LogP contribution in [0.4, 0.5) is 5.69 Å². The first-order valence-corrected chi connectivity index (χ1v) is 9.75. The summed E-state index contributed by atoms with van der Waals surface area (Å²) >= 11 is 0. The summed E-state index contributed by atoms with van der Waals surface area (Å²) < 4.78 is 17.3. The van der Waals surface area contributed by atoms with Gasteiger partial charge in [0.2, 0.25) is 6.79 Å². The van der Waals surface area contributed by atoms with Crippen molar-refractivity contribution in [3.05, 3.63) is 47.5 Å². The Morgan fingerprint density at radius 2 is 1.81 bits per heavy atom. The Morgan fingerprint density at radius 3 is 2.69 bits per heavy atom. The first-order chi connectivity index (χ1) is 12.8. The quantitative estimate of drug-likeness (QED) is 0.831. The van der Waals surface area contributed by atoms with Crippen LogP contribution in [-0.2, 0) is 5.41 Å². The minimum atomic E-state index is -0.0908. The Bertz CT molecular complexity index is 876. The predicted molar refractivity (Wildman–Crippen MR) is 99.5 cm³/mol. The van der Waals surface area contributed by atoms with Gasteiger partial charge in [0.25, 0.3) is 0 Å². The second kappa shape index (κ2) is 5.32. The van der Waals surface area contributed by atoms with Crippen molar-refractivity contribution in [2.24, 2.45) is 5.92 Å². The van der Waals surface area contributed by atoms with Gasteiger partial charge in [0.1, 0.15) is 12.4 Å². The van der Waals surface area contributed by atoms with E-state index in [0.29, 0.717) is 13.4 Å². The molecule has 2 aromatic carbocycles. The van der Waals surface area contributed by atoms with Crippen molar-refractivity contribution >= 4 is 5.69 Å². The van der Waals surface area contributed by atoms with Crippen LogP contribution in [0.25, 0.3) is 0 Å². The minimum absolute atomic E-state index is 0.0908. The van der Waals surface area contributed by atoms with Gasteiger partial charge in [-0.1, -0.05) is 31.0 Å². The van der Waals surface area contributed by atoms with E-state index in [-0.39, 0.29) is 5.41 Å². The van der Waals surface area contributed by atoms with Crippen LogP contribution in [0.5, 0.6) is 17.2 Å². The van der Waals surface area contributed by atoms with Gasteiger partial charge in [-0.3, -0.25) is 0 Å². The molecule has 1 atom stereocenters. The molecule has 26 heavy (non-hydrogen) atoms. The summed E-state index contributed by atoms with van der Waals surface area (Å²) in [6.07, 6.45) is 5.53. The molecule has 0 N–H and O–H groups in total. The Morgan fingerprint density at radius 1 is 0.962 bits per heavy atom. The fourth-order valence-corrected chi connectivity index (χ4v) is 4.88. The third-order valence-corrected chi connectivity index (χ3v) is 6.42. The average Bonchev–Trinajstić information content (AvgIpc) is 3.13. The molecule has 4 nitrogen and oxygen atoms in total. The van der Waals surface area contributed by atoms with Crippen molar-refractivity contribution in [2.75, 3.05) is 31.4 Å². The van der Waals surface area contributed by atoms with Crippen LogP contribution in [-0.4, -0.2) is 26.5 Å². The van der Waals surface area contributed by atoms with E-state index in [1.54, 1.807) is 0 Å². The highest BCUT2D eigenvalue weighted by atomic mass is 16.7. The highest BCUT2D eigenvalue weighted by Gasteiger charge is 2.50. The number of nitrogens with zero attached hydrogens (tertiary/aromatic N) is 1. The lowest BCUT2D eigenvalue weighted by Crippen LogP contribution is -2.36. The summed E-state index contributed by atoms with van der Waals surface area (Å²) in [5.74, 6) is 3.59. The van der Waals surface area contributed by atoms with Gasteiger partial charge in [0.05, 0.1) is 5.41 Å². The monoisotopic (exact) mass is 349 g/mol. The lowest BCUT2D eigenvalue weighted by molar-refractivity contribution is 0.173. The number of benzene rings is 2. The largest absolute Gasteiger partial charge is 0.492 e. The summed E-state index contributed by atoms with van der Waals surface area (Å²) in [6, 6.07) is 13.0. The van der Waals surface area contributed by atoms with Crippen molar-refractivity contribution in [3.8, 4) is 17.2 Å². The standard InChI is InChI=1S/C22H23NO3/c1-2-6-18-16(5-1)22(12-23(18)9-3-4-15-7-8-15)13-24-19-11-21-20(10-17(19)22)25-14-26-21/h1-2,5-6,10-11,15H,3-4,7-9,12-14H2. The second-order valence-electron chi connectivity index (χ2n) is 8.10. The van der Waals surface area contributed by atoms with E-state index >= 15 is 0 Å². The maximum absolute atomic E-state index is 6.16. The molecule has 0 radical (unpaired) electrons. The van der Waals surface area contributed by atoms with Gasteiger partial charge in [-0.25, -0.2) is 0 Å². The van der Waals surface area contributed by atoms with E-state index in [9.17, 15) is 0 Å². The highest BCUT2D eigenvalue weighted by molar-refractivity contribution is 5.70. The molecule has 1 aliphatic carbocycles. The Labute approximate surface area is 153 Å². The van der Waals surface area contributed by atoms with E-state index in [2.05, 4.69) is 35.2 Å². The van der Waals surface area contributed by atoms with Crippen LogP contribution in [0.1, 0.15) is 36.8 Å². The lowest BCUT2D eigenvalue weighted by Gasteiger charge is -2.25. The Hall–Kier alpha value is -2.36. The number of ether oxygens (including phenoxy) is 3. The molecule has 2 aromatic rings. The number of hydrogen-bond donors (Lipinski definition) is 0. The van der Waals surface area contributed by atoms with E-state index < -0.39 is 0 Å². The van der Waals surface area contributed by atoms with Crippen LogP contribution >= 0.6 is 0 Å². The summed E-state index contributed by atoms with van der Waals surface area (Å²) in [7, 11) is 0. The van der Waals surface area contributed by atoms with E-state index in [0.717, 1.165) is 36.3 Å². The highest BCUT2D eigenvalue weighted by Crippen LogP contribution is 2.54. The van der Waals surface area contributed by atoms with E-state index in [4.69, 9.17) is 14.2 Å². The predicted octanol–water partition coefficient (Wildman–Crippen LogP) is 4.10. The fourth-order valence-electron chi connectivity index (χ4n) is 4.88. The molecule has 4 heteroatoms. The van der Waals surface area contributed by atoms with Gasteiger partial charge in [-0.2, -0.15) is 0 Å². The molecular weight excluding hydrogens is 326 g/mol. The number of para-hydroxylation sites is 1. The second-order valence-corrected chi connectivity index (χ2v) is 8.10. The number of fused-ring (bicyclic) bond motifs is 5. The van der Waals surface area contributed by atoms with Gasteiger partial charge in [0.15, 0.2) is 11.5 Å². The van der Waals surface area contributed by atoms with Gasteiger partial charge < -0.3 is 19.1 Å². The minimum Gasteiger partial charge on any atom is -0.492 e. The average molecular weight is 349 g/mol. The third-order valence-electron chi connectivity index (χ3n) is 6.42. The van der Waals surface area contributed by atoms with Gasteiger partial charge >= 0.3 is 0 Å². The maximum Gasteiger partial charge on any atom is 0.231 e. The SMILES string of the molecule is c1ccc2c(c1)N(CCCC1CC1)CC21COc2cc3c(cc21)OCO3. The number of hydrogen-bond acceptors (Lipinski definition) is 4. The van der Waals surface area contributed by atoms with Gasteiger partial charge in [-0.15, -0.1) is 0 Å². The normalized spacial score (nSPS) is 24.7. The molecule has 3 aliphatic heterocycles. The first-order valence-electron chi connectivity index (χ1n) is 9.75. The molecule has 0 amide bonds. The molecule has 3 heterocycles. The topological polar surface area (TPSA) is 30.9 Å². The molecule has 6 rings (SSSR count). The smallest absolute Gasteiger partial charge is 0.231 e. The maximum atomic E-state index is 6.16. The van der Waals surface area contributed by atoms with Crippen molar-refractivity contribution in [3.63, 3.8) is 0 Å². The van der Waals surface area contributed by atoms with Gasteiger partial charge in [-0.05, 0) is 36.5 Å². The van der Waals surface area contributed by atoms with E-state index in [1.165, 1.54) is 42.5 Å². The van der Waals surface area contributed by atoms with Crippen LogP contribution in [0, 0.1) is 5.92 Å². The van der Waals surface area contributed by atoms with E-state index in [1.807, 2.05) is 6.07 Å². The molecule has 0 aromatic heterocycles. The molecule has 4 aliphatic rings. The summed E-state index contributed by atoms with van der Waals surface area (Å²) in [6.45, 7) is 3.12. The molecule has 0 saturated heterocycles. The van der Waals surface area contributed by atoms with Crippen LogP contribution in [0.3, 0.4) is 0 Å². The van der Waals surface area contributed by atoms with Crippen molar-refractivity contribution in [1.82, 2.24) is 0 Å². The molecule has 1 unspecified atom stereocenters. The summed E-state index contributed by atoms with van der Waals surface area (Å²) in [4.78, 5) is 2.57. The number of rotatable bonds is 4. The zero-order chi connectivity index (χ0) is 17.1.